The van der Waals surface area contributed by atoms with E-state index in [1.165, 1.54) is 11.0 Å². The monoisotopic (exact) mass is 247 g/mol. The second kappa shape index (κ2) is 5.35. The second-order valence-electron chi connectivity index (χ2n) is 3.90. The molecule has 0 saturated heterocycles. The summed E-state index contributed by atoms with van der Waals surface area (Å²) in [5.41, 5.74) is 0.866. The summed E-state index contributed by atoms with van der Waals surface area (Å²) in [6.07, 6.45) is 2.51. The van der Waals surface area contributed by atoms with Gasteiger partial charge in [-0.25, -0.2) is 9.59 Å². The van der Waals surface area contributed by atoms with Gasteiger partial charge in [-0.15, -0.1) is 0 Å². The summed E-state index contributed by atoms with van der Waals surface area (Å²) >= 11 is 0. The van der Waals surface area contributed by atoms with E-state index in [9.17, 15) is 9.59 Å². The van der Waals surface area contributed by atoms with Gasteiger partial charge >= 0.3 is 12.1 Å². The van der Waals surface area contributed by atoms with E-state index in [4.69, 9.17) is 9.84 Å². The molecule has 0 unspecified atom stereocenters. The molecule has 0 saturated carbocycles. The predicted molar refractivity (Wildman–Crippen MR) is 63.9 cm³/mol. The quantitative estimate of drug-likeness (QED) is 0.825. The fraction of sp³-hybridized carbons (Fsp3) is 0.231. The number of ether oxygens (including phenoxy) is 1. The molecule has 1 aliphatic rings. The molecule has 0 aliphatic carbocycles. The standard InChI is InChI=1S/C13H13NO4/c15-12(16)11-7-4-8-14(11)13(17)18-9-10-5-2-1-3-6-10/h1-7,11H,8-9H2,(H,15,16)/t11-/m1/s1. The van der Waals surface area contributed by atoms with Crippen molar-refractivity contribution in [3.8, 4) is 0 Å². The first kappa shape index (κ1) is 12.2. The summed E-state index contributed by atoms with van der Waals surface area (Å²) < 4.78 is 5.08. The minimum atomic E-state index is -1.06. The fourth-order valence-electron chi connectivity index (χ4n) is 1.73. The van der Waals surface area contributed by atoms with E-state index in [2.05, 4.69) is 0 Å². The molecular weight excluding hydrogens is 234 g/mol. The van der Waals surface area contributed by atoms with E-state index < -0.39 is 18.1 Å². The maximum absolute atomic E-state index is 11.7. The highest BCUT2D eigenvalue weighted by molar-refractivity contribution is 5.83. The van der Waals surface area contributed by atoms with Crippen molar-refractivity contribution < 1.29 is 19.4 Å². The first-order chi connectivity index (χ1) is 8.68. The van der Waals surface area contributed by atoms with E-state index in [0.717, 1.165) is 5.56 Å². The number of aliphatic carboxylic acids is 1. The zero-order valence-electron chi connectivity index (χ0n) is 9.65. The van der Waals surface area contributed by atoms with Gasteiger partial charge in [-0.3, -0.25) is 4.90 Å². The van der Waals surface area contributed by atoms with E-state index >= 15 is 0 Å². The molecule has 1 amide bonds. The summed E-state index contributed by atoms with van der Waals surface area (Å²) in [7, 11) is 0. The maximum Gasteiger partial charge on any atom is 0.411 e. The van der Waals surface area contributed by atoms with Gasteiger partial charge in [-0.2, -0.15) is 0 Å². The number of carboxylic acid groups (broad SMARTS) is 1. The summed E-state index contributed by atoms with van der Waals surface area (Å²) in [5.74, 6) is -1.06. The van der Waals surface area contributed by atoms with Crippen LogP contribution in [-0.2, 0) is 16.1 Å². The van der Waals surface area contributed by atoms with Crippen LogP contribution in [0.25, 0.3) is 0 Å². The van der Waals surface area contributed by atoms with Crippen molar-refractivity contribution >= 4 is 12.1 Å². The molecule has 0 spiro atoms. The van der Waals surface area contributed by atoms with Crippen LogP contribution in [0, 0.1) is 0 Å². The molecule has 1 aliphatic heterocycles. The molecule has 1 aromatic rings. The molecule has 0 fully saturated rings. The summed E-state index contributed by atoms with van der Waals surface area (Å²) in [5, 5.41) is 8.92. The zero-order chi connectivity index (χ0) is 13.0. The molecular formula is C13H13NO4. The Labute approximate surface area is 104 Å². The zero-order valence-corrected chi connectivity index (χ0v) is 9.65. The Kier molecular flexibility index (Phi) is 3.62. The van der Waals surface area contributed by atoms with Gasteiger partial charge in [0, 0.05) is 6.54 Å². The topological polar surface area (TPSA) is 66.8 Å². The maximum atomic E-state index is 11.7. The molecule has 1 atom stereocenters. The Balaban J connectivity index is 1.91. The highest BCUT2D eigenvalue weighted by Crippen LogP contribution is 2.12. The van der Waals surface area contributed by atoms with Gasteiger partial charge in [0.25, 0.3) is 0 Å². The van der Waals surface area contributed by atoms with Crippen molar-refractivity contribution in [2.24, 2.45) is 0 Å². The molecule has 1 heterocycles. The van der Waals surface area contributed by atoms with Crippen molar-refractivity contribution in [3.05, 3.63) is 48.0 Å². The number of nitrogens with zero attached hydrogens (tertiary/aromatic N) is 1. The summed E-state index contributed by atoms with van der Waals surface area (Å²) in [6.45, 7) is 0.410. The van der Waals surface area contributed by atoms with Gasteiger partial charge in [0.15, 0.2) is 6.04 Å². The number of hydrogen-bond donors (Lipinski definition) is 1. The van der Waals surface area contributed by atoms with Crippen LogP contribution >= 0.6 is 0 Å². The largest absolute Gasteiger partial charge is 0.479 e. The molecule has 1 aromatic carbocycles. The lowest BCUT2D eigenvalue weighted by atomic mass is 10.2. The predicted octanol–water partition coefficient (Wildman–Crippen LogP) is 1.65. The third kappa shape index (κ3) is 2.68. The van der Waals surface area contributed by atoms with Crippen LogP contribution in [0.3, 0.4) is 0 Å². The van der Waals surface area contributed by atoms with Crippen molar-refractivity contribution in [2.75, 3.05) is 6.54 Å². The van der Waals surface area contributed by atoms with Gasteiger partial charge in [0.1, 0.15) is 6.61 Å². The number of carbonyl (C=O) groups is 2. The van der Waals surface area contributed by atoms with Crippen molar-refractivity contribution in [3.63, 3.8) is 0 Å². The molecule has 2 rings (SSSR count). The summed E-state index contributed by atoms with van der Waals surface area (Å²) in [4.78, 5) is 23.8. The Hall–Kier alpha value is -2.30. The highest BCUT2D eigenvalue weighted by Gasteiger charge is 2.31. The lowest BCUT2D eigenvalue weighted by molar-refractivity contribution is -0.140. The third-order valence-electron chi connectivity index (χ3n) is 2.65. The molecule has 5 nitrogen and oxygen atoms in total. The first-order valence-electron chi connectivity index (χ1n) is 5.55. The Morgan fingerprint density at radius 1 is 1.33 bits per heavy atom. The molecule has 0 radical (unpaired) electrons. The van der Waals surface area contributed by atoms with Gasteiger partial charge in [-0.05, 0) is 5.56 Å². The normalized spacial score (nSPS) is 17.8. The minimum absolute atomic E-state index is 0.141. The number of rotatable bonds is 3. The second-order valence-corrected chi connectivity index (χ2v) is 3.90. The minimum Gasteiger partial charge on any atom is -0.479 e. The van der Waals surface area contributed by atoms with E-state index in [1.807, 2.05) is 30.3 Å². The Morgan fingerprint density at radius 2 is 2.06 bits per heavy atom. The number of benzene rings is 1. The number of amides is 1. The highest BCUT2D eigenvalue weighted by atomic mass is 16.6. The molecule has 5 heteroatoms. The average Bonchev–Trinajstić information content (AvgIpc) is 2.86. The van der Waals surface area contributed by atoms with Crippen LogP contribution in [0.4, 0.5) is 4.79 Å². The number of carboxylic acids is 1. The van der Waals surface area contributed by atoms with Crippen molar-refractivity contribution in [2.45, 2.75) is 12.6 Å². The molecule has 0 aromatic heterocycles. The number of hydrogen-bond acceptors (Lipinski definition) is 3. The van der Waals surface area contributed by atoms with Crippen LogP contribution in [0.15, 0.2) is 42.5 Å². The number of carbonyl (C=O) groups excluding carboxylic acids is 1. The summed E-state index contributed by atoms with van der Waals surface area (Å²) in [6, 6.07) is 8.32. The lowest BCUT2D eigenvalue weighted by Crippen LogP contribution is -2.41. The SMILES string of the molecule is O=C(O)[C@H]1C=CCN1C(=O)OCc1ccccc1. The van der Waals surface area contributed by atoms with Crippen molar-refractivity contribution in [1.29, 1.82) is 0 Å². The van der Waals surface area contributed by atoms with Crippen LogP contribution in [0.2, 0.25) is 0 Å². The van der Waals surface area contributed by atoms with Gasteiger partial charge in [0.05, 0.1) is 0 Å². The Morgan fingerprint density at radius 3 is 2.72 bits per heavy atom. The Bertz CT molecular complexity index is 469. The van der Waals surface area contributed by atoms with Gasteiger partial charge < -0.3 is 9.84 Å². The smallest absolute Gasteiger partial charge is 0.411 e. The van der Waals surface area contributed by atoms with Crippen LogP contribution in [0.1, 0.15) is 5.56 Å². The van der Waals surface area contributed by atoms with E-state index in [-0.39, 0.29) is 13.2 Å². The third-order valence-corrected chi connectivity index (χ3v) is 2.65. The van der Waals surface area contributed by atoms with Crippen molar-refractivity contribution in [1.82, 2.24) is 4.90 Å². The molecule has 1 N–H and O–H groups in total. The lowest BCUT2D eigenvalue weighted by Gasteiger charge is -2.20. The van der Waals surface area contributed by atoms with Crippen LogP contribution in [0.5, 0.6) is 0 Å². The first-order valence-corrected chi connectivity index (χ1v) is 5.55. The van der Waals surface area contributed by atoms with Gasteiger partial charge in [0.2, 0.25) is 0 Å². The van der Waals surface area contributed by atoms with E-state index in [0.29, 0.717) is 0 Å². The average molecular weight is 247 g/mol. The van der Waals surface area contributed by atoms with Crippen LogP contribution in [-0.4, -0.2) is 34.7 Å². The van der Waals surface area contributed by atoms with Crippen LogP contribution < -0.4 is 0 Å². The fourth-order valence-corrected chi connectivity index (χ4v) is 1.73. The molecule has 0 bridgehead atoms. The molecule has 18 heavy (non-hydrogen) atoms. The van der Waals surface area contributed by atoms with Gasteiger partial charge in [-0.1, -0.05) is 42.5 Å². The van der Waals surface area contributed by atoms with E-state index in [1.54, 1.807) is 6.08 Å². The molecule has 94 valence electrons.